The molecule has 1 aromatic rings. The van der Waals surface area contributed by atoms with Gasteiger partial charge in [-0.05, 0) is 58.0 Å². The molecular weight excluding hydrogens is 288 g/mol. The Hall–Kier alpha value is -0.910. The van der Waals surface area contributed by atoms with Crippen LogP contribution in [0, 0.1) is 5.41 Å². The standard InChI is InChI=1S/C18H32N4O/c1-19-9-10-22(2)13-16-12-20-21-17(16)15-4-7-18(8-5-15)6-3-11-23-14-18/h12,15,19H,3-11,13-14H2,1-2H3,(H,20,21). The molecule has 2 aliphatic rings. The Morgan fingerprint density at radius 1 is 1.39 bits per heavy atom. The highest BCUT2D eigenvalue weighted by molar-refractivity contribution is 5.21. The normalized spacial score (nSPS) is 28.6. The lowest BCUT2D eigenvalue weighted by Crippen LogP contribution is -2.35. The summed E-state index contributed by atoms with van der Waals surface area (Å²) in [6.45, 7) is 5.02. The summed E-state index contributed by atoms with van der Waals surface area (Å²) in [5.74, 6) is 0.626. The van der Waals surface area contributed by atoms with Gasteiger partial charge in [-0.25, -0.2) is 0 Å². The van der Waals surface area contributed by atoms with E-state index >= 15 is 0 Å². The number of aromatic amines is 1. The second-order valence-electron chi connectivity index (χ2n) is 7.57. The summed E-state index contributed by atoms with van der Waals surface area (Å²) in [5.41, 5.74) is 3.17. The molecule has 0 atom stereocenters. The van der Waals surface area contributed by atoms with E-state index in [1.165, 1.54) is 49.8 Å². The smallest absolute Gasteiger partial charge is 0.0697 e. The van der Waals surface area contributed by atoms with Crippen molar-refractivity contribution < 1.29 is 4.74 Å². The Kier molecular flexibility index (Phi) is 5.72. The number of hydrogen-bond donors (Lipinski definition) is 2. The van der Waals surface area contributed by atoms with Crippen LogP contribution in [0.2, 0.25) is 0 Å². The lowest BCUT2D eigenvalue weighted by molar-refractivity contribution is -0.0310. The minimum atomic E-state index is 0.481. The van der Waals surface area contributed by atoms with Gasteiger partial charge in [0, 0.05) is 43.9 Å². The Balaban J connectivity index is 1.57. The van der Waals surface area contributed by atoms with Crippen molar-refractivity contribution in [2.75, 3.05) is 40.4 Å². The van der Waals surface area contributed by atoms with E-state index in [4.69, 9.17) is 4.74 Å². The lowest BCUT2D eigenvalue weighted by Gasteiger charge is -2.42. The minimum absolute atomic E-state index is 0.481. The van der Waals surface area contributed by atoms with Crippen LogP contribution in [0.5, 0.6) is 0 Å². The Morgan fingerprint density at radius 3 is 2.91 bits per heavy atom. The first-order valence-corrected chi connectivity index (χ1v) is 9.16. The van der Waals surface area contributed by atoms with E-state index in [0.717, 1.165) is 32.8 Å². The molecule has 5 heteroatoms. The highest BCUT2D eigenvalue weighted by Gasteiger charge is 2.38. The van der Waals surface area contributed by atoms with Crippen molar-refractivity contribution in [1.29, 1.82) is 0 Å². The topological polar surface area (TPSA) is 53.2 Å². The molecule has 0 aromatic carbocycles. The lowest BCUT2D eigenvalue weighted by atomic mass is 9.67. The second kappa shape index (κ2) is 7.77. The minimum Gasteiger partial charge on any atom is -0.381 e. The molecule has 2 N–H and O–H groups in total. The van der Waals surface area contributed by atoms with E-state index in [0.29, 0.717) is 11.3 Å². The highest BCUT2D eigenvalue weighted by Crippen LogP contribution is 2.47. The molecule has 0 amide bonds. The van der Waals surface area contributed by atoms with Crippen LogP contribution in [0.3, 0.4) is 0 Å². The molecule has 1 aromatic heterocycles. The first kappa shape index (κ1) is 16.9. The number of nitrogens with one attached hydrogen (secondary N) is 2. The summed E-state index contributed by atoms with van der Waals surface area (Å²) in [6.07, 6.45) is 9.84. The molecule has 2 fully saturated rings. The van der Waals surface area contributed by atoms with Crippen molar-refractivity contribution in [3.63, 3.8) is 0 Å². The van der Waals surface area contributed by atoms with Gasteiger partial charge < -0.3 is 15.0 Å². The second-order valence-corrected chi connectivity index (χ2v) is 7.57. The van der Waals surface area contributed by atoms with Crippen molar-refractivity contribution in [1.82, 2.24) is 20.4 Å². The van der Waals surface area contributed by atoms with Crippen LogP contribution in [0.25, 0.3) is 0 Å². The van der Waals surface area contributed by atoms with E-state index < -0.39 is 0 Å². The molecule has 1 saturated heterocycles. The van der Waals surface area contributed by atoms with Gasteiger partial charge in [-0.3, -0.25) is 5.10 Å². The van der Waals surface area contributed by atoms with Gasteiger partial charge in [-0.1, -0.05) is 0 Å². The van der Waals surface area contributed by atoms with Gasteiger partial charge in [0.2, 0.25) is 0 Å². The third-order valence-corrected chi connectivity index (χ3v) is 5.77. The molecule has 1 aliphatic carbocycles. The van der Waals surface area contributed by atoms with Crippen molar-refractivity contribution in [2.45, 2.75) is 51.0 Å². The molecule has 2 heterocycles. The molecule has 1 aliphatic heterocycles. The number of hydrogen-bond acceptors (Lipinski definition) is 4. The van der Waals surface area contributed by atoms with Crippen LogP contribution >= 0.6 is 0 Å². The number of ether oxygens (including phenoxy) is 1. The fourth-order valence-electron chi connectivity index (χ4n) is 4.29. The van der Waals surface area contributed by atoms with Gasteiger partial charge in [0.05, 0.1) is 12.3 Å². The zero-order valence-corrected chi connectivity index (χ0v) is 14.7. The largest absolute Gasteiger partial charge is 0.381 e. The summed E-state index contributed by atoms with van der Waals surface area (Å²) < 4.78 is 5.77. The summed E-state index contributed by atoms with van der Waals surface area (Å²) in [7, 11) is 4.19. The number of nitrogens with zero attached hydrogens (tertiary/aromatic N) is 2. The van der Waals surface area contributed by atoms with Gasteiger partial charge in [-0.15, -0.1) is 0 Å². The Bertz CT molecular complexity index is 471. The predicted octanol–water partition coefficient (Wildman–Crippen LogP) is 2.52. The molecule has 3 rings (SSSR count). The van der Waals surface area contributed by atoms with Crippen LogP contribution < -0.4 is 5.32 Å². The summed E-state index contributed by atoms with van der Waals surface area (Å²) in [4.78, 5) is 2.37. The van der Waals surface area contributed by atoms with Crippen LogP contribution in [0.4, 0.5) is 0 Å². The number of likely N-dealkylation sites (N-methyl/N-ethyl adjacent to an activating group) is 2. The average Bonchev–Trinajstić information content (AvgIpc) is 3.02. The van der Waals surface area contributed by atoms with E-state index in [1.807, 2.05) is 7.05 Å². The van der Waals surface area contributed by atoms with Gasteiger partial charge in [-0.2, -0.15) is 5.10 Å². The molecular formula is C18H32N4O. The summed E-state index contributed by atoms with van der Waals surface area (Å²) >= 11 is 0. The SMILES string of the molecule is CNCCN(C)Cc1c[nH]nc1C1CCC2(CCCOC2)CC1. The van der Waals surface area contributed by atoms with Crippen molar-refractivity contribution in [2.24, 2.45) is 5.41 Å². The summed E-state index contributed by atoms with van der Waals surface area (Å²) in [6, 6.07) is 0. The van der Waals surface area contributed by atoms with E-state index in [9.17, 15) is 0 Å². The summed E-state index contributed by atoms with van der Waals surface area (Å²) in [5, 5.41) is 10.9. The average molecular weight is 320 g/mol. The molecule has 0 unspecified atom stereocenters. The first-order valence-electron chi connectivity index (χ1n) is 9.16. The quantitative estimate of drug-likeness (QED) is 0.846. The maximum Gasteiger partial charge on any atom is 0.0697 e. The molecule has 1 spiro atoms. The number of H-pyrrole nitrogens is 1. The molecule has 0 radical (unpaired) electrons. The highest BCUT2D eigenvalue weighted by atomic mass is 16.5. The van der Waals surface area contributed by atoms with Crippen molar-refractivity contribution in [3.8, 4) is 0 Å². The molecule has 1 saturated carbocycles. The maximum atomic E-state index is 5.77. The molecule has 0 bridgehead atoms. The van der Waals surface area contributed by atoms with Gasteiger partial charge in [0.15, 0.2) is 0 Å². The third kappa shape index (κ3) is 4.14. The van der Waals surface area contributed by atoms with Crippen molar-refractivity contribution in [3.05, 3.63) is 17.5 Å². The van der Waals surface area contributed by atoms with Crippen LogP contribution in [-0.2, 0) is 11.3 Å². The van der Waals surface area contributed by atoms with E-state index in [1.54, 1.807) is 0 Å². The van der Waals surface area contributed by atoms with Gasteiger partial charge in [0.1, 0.15) is 0 Å². The van der Waals surface area contributed by atoms with Crippen LogP contribution in [0.15, 0.2) is 6.20 Å². The zero-order valence-electron chi connectivity index (χ0n) is 14.7. The Labute approximate surface area is 140 Å². The third-order valence-electron chi connectivity index (χ3n) is 5.77. The predicted molar refractivity (Wildman–Crippen MR) is 92.5 cm³/mol. The zero-order chi connectivity index (χ0) is 16.1. The van der Waals surface area contributed by atoms with Gasteiger partial charge in [0.25, 0.3) is 0 Å². The van der Waals surface area contributed by atoms with Gasteiger partial charge >= 0.3 is 0 Å². The fraction of sp³-hybridized carbons (Fsp3) is 0.833. The molecule has 23 heavy (non-hydrogen) atoms. The van der Waals surface area contributed by atoms with Crippen LogP contribution in [0.1, 0.15) is 55.7 Å². The first-order chi connectivity index (χ1) is 11.2. The van der Waals surface area contributed by atoms with E-state index in [-0.39, 0.29) is 0 Å². The monoisotopic (exact) mass is 320 g/mol. The molecule has 5 nitrogen and oxygen atoms in total. The fourth-order valence-corrected chi connectivity index (χ4v) is 4.29. The maximum absolute atomic E-state index is 5.77. The van der Waals surface area contributed by atoms with Crippen LogP contribution in [-0.4, -0.2) is 55.5 Å². The number of aromatic nitrogens is 2. The molecule has 130 valence electrons. The Morgan fingerprint density at radius 2 is 2.22 bits per heavy atom. The number of rotatable bonds is 6. The van der Waals surface area contributed by atoms with E-state index in [2.05, 4.69) is 33.7 Å². The van der Waals surface area contributed by atoms with Crippen molar-refractivity contribution >= 4 is 0 Å².